The van der Waals surface area contributed by atoms with Crippen LogP contribution in [0.3, 0.4) is 0 Å². The number of nitrogens with zero attached hydrogens (tertiary/aromatic N) is 1. The Balaban J connectivity index is 2.56. The van der Waals surface area contributed by atoms with Gasteiger partial charge in [0.05, 0.1) is 11.2 Å². The highest BCUT2D eigenvalue weighted by molar-refractivity contribution is 7.07. The third-order valence-electron chi connectivity index (χ3n) is 2.99. The van der Waals surface area contributed by atoms with E-state index in [0.717, 1.165) is 13.0 Å². The predicted molar refractivity (Wildman–Crippen MR) is 72.0 cm³/mol. The minimum Gasteiger partial charge on any atom is -0.312 e. The molecule has 0 saturated heterocycles. The molecule has 0 spiro atoms. The maximum absolute atomic E-state index is 4.38. The van der Waals surface area contributed by atoms with Crippen LogP contribution in [0.25, 0.3) is 0 Å². The highest BCUT2D eigenvalue weighted by Crippen LogP contribution is 2.26. The zero-order valence-electron chi connectivity index (χ0n) is 11.1. The van der Waals surface area contributed by atoms with Crippen LogP contribution in [0.4, 0.5) is 0 Å². The van der Waals surface area contributed by atoms with Crippen LogP contribution in [0.2, 0.25) is 0 Å². The van der Waals surface area contributed by atoms with Crippen molar-refractivity contribution in [1.29, 1.82) is 0 Å². The van der Waals surface area contributed by atoms with E-state index in [-0.39, 0.29) is 5.54 Å². The molecule has 1 atom stereocenters. The Morgan fingerprint density at radius 1 is 1.31 bits per heavy atom. The minimum atomic E-state index is 0.193. The molecule has 0 amide bonds. The maximum Gasteiger partial charge on any atom is 0.0794 e. The molecule has 16 heavy (non-hydrogen) atoms. The van der Waals surface area contributed by atoms with E-state index < -0.39 is 0 Å². The van der Waals surface area contributed by atoms with E-state index in [1.807, 2.05) is 5.51 Å². The van der Waals surface area contributed by atoms with E-state index in [1.54, 1.807) is 11.3 Å². The highest BCUT2D eigenvalue weighted by atomic mass is 32.1. The standard InChI is InChI=1S/C13H24N2S/c1-6-13(5,9-15-12(2,3)4)7-11-8-16-10-14-11/h8,10,15H,6-7,9H2,1-5H3. The van der Waals surface area contributed by atoms with Crippen LogP contribution in [-0.4, -0.2) is 17.1 Å². The van der Waals surface area contributed by atoms with Gasteiger partial charge in [-0.1, -0.05) is 13.8 Å². The molecule has 1 unspecified atom stereocenters. The molecule has 0 aromatic carbocycles. The fraction of sp³-hybridized carbons (Fsp3) is 0.769. The number of nitrogens with one attached hydrogen (secondary N) is 1. The van der Waals surface area contributed by atoms with Crippen molar-refractivity contribution in [2.24, 2.45) is 5.41 Å². The molecule has 1 aromatic rings. The summed E-state index contributed by atoms with van der Waals surface area (Å²) in [6, 6.07) is 0. The third-order valence-corrected chi connectivity index (χ3v) is 3.63. The second-order valence-electron chi connectivity index (χ2n) is 5.92. The first-order valence-corrected chi connectivity index (χ1v) is 6.91. The minimum absolute atomic E-state index is 0.193. The number of hydrogen-bond acceptors (Lipinski definition) is 3. The van der Waals surface area contributed by atoms with Gasteiger partial charge < -0.3 is 5.32 Å². The third kappa shape index (κ3) is 4.62. The van der Waals surface area contributed by atoms with Gasteiger partial charge in [0, 0.05) is 17.5 Å². The van der Waals surface area contributed by atoms with Crippen molar-refractivity contribution in [2.45, 2.75) is 53.0 Å². The molecule has 2 nitrogen and oxygen atoms in total. The lowest BCUT2D eigenvalue weighted by Crippen LogP contribution is -2.43. The van der Waals surface area contributed by atoms with E-state index in [9.17, 15) is 0 Å². The van der Waals surface area contributed by atoms with Crippen LogP contribution < -0.4 is 5.32 Å². The van der Waals surface area contributed by atoms with E-state index in [2.05, 4.69) is 50.3 Å². The summed E-state index contributed by atoms with van der Waals surface area (Å²) in [6.45, 7) is 12.3. The second kappa shape index (κ2) is 5.28. The Morgan fingerprint density at radius 2 is 2.00 bits per heavy atom. The smallest absolute Gasteiger partial charge is 0.0794 e. The molecule has 92 valence electrons. The molecule has 1 N–H and O–H groups in total. The van der Waals surface area contributed by atoms with E-state index >= 15 is 0 Å². The van der Waals surface area contributed by atoms with Gasteiger partial charge in [-0.2, -0.15) is 0 Å². The van der Waals surface area contributed by atoms with Crippen molar-refractivity contribution in [3.63, 3.8) is 0 Å². The highest BCUT2D eigenvalue weighted by Gasteiger charge is 2.25. The Hall–Kier alpha value is -0.410. The molecule has 0 aliphatic rings. The van der Waals surface area contributed by atoms with E-state index in [4.69, 9.17) is 0 Å². The largest absolute Gasteiger partial charge is 0.312 e. The normalized spacial score (nSPS) is 16.1. The zero-order chi connectivity index (χ0) is 12.2. The average Bonchev–Trinajstić information content (AvgIpc) is 2.66. The van der Waals surface area contributed by atoms with Crippen molar-refractivity contribution in [3.05, 3.63) is 16.6 Å². The summed E-state index contributed by atoms with van der Waals surface area (Å²) in [5.41, 5.74) is 3.65. The van der Waals surface area contributed by atoms with Crippen LogP contribution in [0.15, 0.2) is 10.9 Å². The van der Waals surface area contributed by atoms with Gasteiger partial charge in [0.25, 0.3) is 0 Å². The van der Waals surface area contributed by atoms with Gasteiger partial charge in [-0.05, 0) is 39.0 Å². The lowest BCUT2D eigenvalue weighted by Gasteiger charge is -2.32. The van der Waals surface area contributed by atoms with Gasteiger partial charge in [-0.15, -0.1) is 11.3 Å². The average molecular weight is 240 g/mol. The topological polar surface area (TPSA) is 24.9 Å². The van der Waals surface area contributed by atoms with Gasteiger partial charge in [0.2, 0.25) is 0 Å². The Bertz CT molecular complexity index is 300. The summed E-state index contributed by atoms with van der Waals surface area (Å²) in [6.07, 6.45) is 2.24. The van der Waals surface area contributed by atoms with Crippen LogP contribution >= 0.6 is 11.3 Å². The first-order chi connectivity index (χ1) is 7.35. The summed E-state index contributed by atoms with van der Waals surface area (Å²) >= 11 is 1.68. The van der Waals surface area contributed by atoms with Crippen LogP contribution in [0.1, 0.15) is 46.7 Å². The summed E-state index contributed by atoms with van der Waals surface area (Å²) in [4.78, 5) is 4.38. The summed E-state index contributed by atoms with van der Waals surface area (Å²) in [7, 11) is 0. The zero-order valence-corrected chi connectivity index (χ0v) is 11.9. The lowest BCUT2D eigenvalue weighted by atomic mass is 9.82. The second-order valence-corrected chi connectivity index (χ2v) is 6.64. The van der Waals surface area contributed by atoms with E-state index in [0.29, 0.717) is 5.41 Å². The molecule has 3 heteroatoms. The first kappa shape index (κ1) is 13.7. The summed E-state index contributed by atoms with van der Waals surface area (Å²) < 4.78 is 0. The van der Waals surface area contributed by atoms with Gasteiger partial charge in [0.15, 0.2) is 0 Å². The molecule has 0 radical (unpaired) electrons. The van der Waals surface area contributed by atoms with Crippen LogP contribution in [-0.2, 0) is 6.42 Å². The van der Waals surface area contributed by atoms with Crippen molar-refractivity contribution in [2.75, 3.05) is 6.54 Å². The molecule has 0 aliphatic heterocycles. The molecule has 0 bridgehead atoms. The molecule has 0 fully saturated rings. The van der Waals surface area contributed by atoms with Gasteiger partial charge in [0.1, 0.15) is 0 Å². The van der Waals surface area contributed by atoms with Crippen LogP contribution in [0, 0.1) is 5.41 Å². The monoisotopic (exact) mass is 240 g/mol. The molecule has 1 heterocycles. The Kier molecular flexibility index (Phi) is 4.51. The number of aromatic nitrogens is 1. The Labute approximate surface area is 103 Å². The fourth-order valence-corrected chi connectivity index (χ4v) is 2.11. The van der Waals surface area contributed by atoms with Crippen LogP contribution in [0.5, 0.6) is 0 Å². The van der Waals surface area contributed by atoms with Gasteiger partial charge in [-0.3, -0.25) is 0 Å². The summed E-state index contributed by atoms with van der Waals surface area (Å²) in [5.74, 6) is 0. The Morgan fingerprint density at radius 3 is 2.44 bits per heavy atom. The number of rotatable bonds is 5. The van der Waals surface area contributed by atoms with Crippen molar-refractivity contribution >= 4 is 11.3 Å². The number of thiazole rings is 1. The molecule has 1 aromatic heterocycles. The predicted octanol–water partition coefficient (Wildman–Crippen LogP) is 3.49. The van der Waals surface area contributed by atoms with Gasteiger partial charge >= 0.3 is 0 Å². The summed E-state index contributed by atoms with van der Waals surface area (Å²) in [5, 5.41) is 5.76. The lowest BCUT2D eigenvalue weighted by molar-refractivity contribution is 0.253. The molecular weight excluding hydrogens is 216 g/mol. The number of hydrogen-bond donors (Lipinski definition) is 1. The van der Waals surface area contributed by atoms with Gasteiger partial charge in [-0.25, -0.2) is 4.98 Å². The molecule has 0 aliphatic carbocycles. The van der Waals surface area contributed by atoms with E-state index in [1.165, 1.54) is 12.1 Å². The van der Waals surface area contributed by atoms with Crippen molar-refractivity contribution in [1.82, 2.24) is 10.3 Å². The van der Waals surface area contributed by atoms with Crippen molar-refractivity contribution < 1.29 is 0 Å². The molecular formula is C13H24N2S. The molecule has 1 rings (SSSR count). The molecule has 0 saturated carbocycles. The SMILES string of the molecule is CCC(C)(CNC(C)(C)C)Cc1cscn1. The van der Waals surface area contributed by atoms with Crippen molar-refractivity contribution in [3.8, 4) is 0 Å². The quantitative estimate of drug-likeness (QED) is 0.852. The first-order valence-electron chi connectivity index (χ1n) is 5.97. The maximum atomic E-state index is 4.38. The fourth-order valence-electron chi connectivity index (χ4n) is 1.55.